The van der Waals surface area contributed by atoms with Crippen molar-refractivity contribution in [1.82, 2.24) is 10.6 Å². The average Bonchev–Trinajstić information content (AvgIpc) is 3.20. The number of para-hydroxylation sites is 2. The molecule has 0 radical (unpaired) electrons. The molecule has 0 bridgehead atoms. The number of nitrogens with one attached hydrogen (secondary N) is 2. The Morgan fingerprint density at radius 2 is 0.852 bits per heavy atom. The summed E-state index contributed by atoms with van der Waals surface area (Å²) in [4.78, 5) is 10.9. The first-order valence-electron chi connectivity index (χ1n) is 19.2. The number of aryl methyl sites for hydroxylation is 4. The number of amidine groups is 2. The molecule has 0 aliphatic carbocycles. The summed E-state index contributed by atoms with van der Waals surface area (Å²) < 4.78 is 0. The molecule has 0 atom stereocenters. The third-order valence-corrected chi connectivity index (χ3v) is 16.7. The quantitative estimate of drug-likeness (QED) is 0.0505. The van der Waals surface area contributed by atoms with Crippen molar-refractivity contribution in [2.75, 3.05) is 19.8 Å². The van der Waals surface area contributed by atoms with Gasteiger partial charge in [0, 0.05) is 0 Å². The summed E-state index contributed by atoms with van der Waals surface area (Å²) in [6.07, 6.45) is 3.16. The minimum atomic E-state index is -2.46. The van der Waals surface area contributed by atoms with E-state index in [-0.39, 0.29) is 0 Å². The maximum atomic E-state index is 5.51. The van der Waals surface area contributed by atoms with E-state index >= 15 is 0 Å². The Balaban J connectivity index is 1.22. The number of benzene rings is 6. The van der Waals surface area contributed by atoms with Gasteiger partial charge in [-0.15, -0.1) is 0 Å². The molecule has 0 amide bonds. The molecule has 2 N–H and O–H groups in total. The van der Waals surface area contributed by atoms with Crippen LogP contribution in [0.3, 0.4) is 0 Å². The van der Waals surface area contributed by atoms with Crippen LogP contribution in [0.15, 0.2) is 168 Å². The van der Waals surface area contributed by atoms with E-state index in [0.717, 1.165) is 54.9 Å². The second-order valence-electron chi connectivity index (χ2n) is 14.2. The van der Waals surface area contributed by atoms with Gasteiger partial charge in [0.15, 0.2) is 0 Å². The molecular weight excluding hydrogens is 695 g/mol. The minimum Gasteiger partial charge on any atom is -0.0622 e. The Morgan fingerprint density at radius 1 is 0.463 bits per heavy atom. The predicted octanol–water partition coefficient (Wildman–Crippen LogP) is 10.1. The number of unbranched alkanes of at least 4 members (excludes halogenated alkanes) is 2. The fraction of sp³-hybridized carbons (Fsp3) is 0.208. The SMILES string of the molecule is Cc1cccc(C)c1/N=C(/NCCCCCN/C(=N/c1c(C)cccc1C)[PH](C)(c1ccccc1)c1ccccc1)P(c1ccccc1)c1ccccc1. The maximum absolute atomic E-state index is 5.51. The number of hydrogen-bond acceptors (Lipinski definition) is 2. The molecule has 0 aliphatic heterocycles. The summed E-state index contributed by atoms with van der Waals surface area (Å²) in [5.41, 5.74) is 9.06. The first-order chi connectivity index (χ1) is 26.4. The van der Waals surface area contributed by atoms with E-state index in [2.05, 4.69) is 203 Å². The first kappa shape index (κ1) is 38.8. The van der Waals surface area contributed by atoms with Crippen molar-refractivity contribution in [3.05, 3.63) is 180 Å². The topological polar surface area (TPSA) is 48.8 Å². The standard InChI is InChI=1S/C48H54N4P2/c1-37-23-21-24-38(2)45(37)51-47(53(41-27-11-6-12-28-41)42-29-13-7-14-30-42)49-35-19-10-20-36-50-48(52-46-39(3)25-22-26-40(46)4)54(5,43-31-15-8-16-32-43)44-33-17-9-18-34-44/h6-9,11-18,21-34,54H,10,19-20,35-36H2,1-5H3,(H,49,51)(H,50,52). The van der Waals surface area contributed by atoms with Crippen molar-refractivity contribution in [2.24, 2.45) is 9.98 Å². The molecule has 0 unspecified atom stereocenters. The predicted molar refractivity (Wildman–Crippen MR) is 241 cm³/mol. The Labute approximate surface area is 325 Å². The average molecular weight is 749 g/mol. The molecule has 6 aromatic rings. The molecule has 4 nitrogen and oxygen atoms in total. The zero-order valence-electron chi connectivity index (χ0n) is 32.4. The van der Waals surface area contributed by atoms with Crippen LogP contribution in [0.25, 0.3) is 0 Å². The van der Waals surface area contributed by atoms with Gasteiger partial charge in [0.25, 0.3) is 0 Å². The third-order valence-electron chi connectivity index (χ3n) is 10.2. The summed E-state index contributed by atoms with van der Waals surface area (Å²) in [6, 6.07) is 56.6. The van der Waals surface area contributed by atoms with E-state index in [0.29, 0.717) is 0 Å². The molecule has 6 heteroatoms. The Hall–Kier alpha value is -4.88. The van der Waals surface area contributed by atoms with Gasteiger partial charge in [-0.05, 0) is 13.8 Å². The third kappa shape index (κ3) is 9.43. The molecule has 54 heavy (non-hydrogen) atoms. The molecule has 0 aliphatic rings. The van der Waals surface area contributed by atoms with Crippen LogP contribution in [-0.4, -0.2) is 30.9 Å². The number of rotatable bonds is 14. The van der Waals surface area contributed by atoms with Crippen LogP contribution in [0.5, 0.6) is 0 Å². The van der Waals surface area contributed by atoms with Crippen LogP contribution in [-0.2, 0) is 0 Å². The number of nitrogens with zero attached hydrogens (tertiary/aromatic N) is 2. The molecule has 0 spiro atoms. The summed E-state index contributed by atoms with van der Waals surface area (Å²) >= 11 is 0. The minimum absolute atomic E-state index is 0.853. The summed E-state index contributed by atoms with van der Waals surface area (Å²) in [5.74, 6) is 0. The van der Waals surface area contributed by atoms with Crippen LogP contribution in [0.2, 0.25) is 0 Å². The molecule has 276 valence electrons. The van der Waals surface area contributed by atoms with E-state index in [4.69, 9.17) is 9.98 Å². The van der Waals surface area contributed by atoms with Crippen LogP contribution >= 0.6 is 15.2 Å². The van der Waals surface area contributed by atoms with Crippen molar-refractivity contribution < 1.29 is 0 Å². The van der Waals surface area contributed by atoms with Gasteiger partial charge in [-0.3, -0.25) is 0 Å². The van der Waals surface area contributed by atoms with Crippen molar-refractivity contribution in [3.8, 4) is 0 Å². The second kappa shape index (κ2) is 18.9. The van der Waals surface area contributed by atoms with Gasteiger partial charge in [-0.2, -0.15) is 0 Å². The second-order valence-corrected chi connectivity index (χ2v) is 20.2. The van der Waals surface area contributed by atoms with Crippen LogP contribution in [0.1, 0.15) is 41.5 Å². The molecule has 6 rings (SSSR count). The molecule has 0 aromatic heterocycles. The van der Waals surface area contributed by atoms with Crippen molar-refractivity contribution in [2.45, 2.75) is 47.0 Å². The van der Waals surface area contributed by atoms with Crippen LogP contribution in [0.4, 0.5) is 11.4 Å². The van der Waals surface area contributed by atoms with Crippen molar-refractivity contribution in [3.63, 3.8) is 0 Å². The van der Waals surface area contributed by atoms with Gasteiger partial charge in [-0.25, -0.2) is 0 Å². The Bertz CT molecular complexity index is 2030. The zero-order valence-corrected chi connectivity index (χ0v) is 34.3. The van der Waals surface area contributed by atoms with Crippen molar-refractivity contribution in [1.29, 1.82) is 0 Å². The van der Waals surface area contributed by atoms with E-state index in [1.165, 1.54) is 43.5 Å². The molecule has 0 saturated heterocycles. The fourth-order valence-electron chi connectivity index (χ4n) is 7.04. The van der Waals surface area contributed by atoms with Gasteiger partial charge in [0.1, 0.15) is 0 Å². The Kier molecular flexibility index (Phi) is 13.6. The zero-order chi connectivity index (χ0) is 37.8. The van der Waals surface area contributed by atoms with Gasteiger partial charge in [0.2, 0.25) is 0 Å². The monoisotopic (exact) mass is 748 g/mol. The molecular formula is C48H54N4P2. The normalized spacial score (nSPS) is 12.5. The van der Waals surface area contributed by atoms with E-state index < -0.39 is 15.2 Å². The van der Waals surface area contributed by atoms with Crippen molar-refractivity contribution >= 4 is 58.9 Å². The molecule has 0 heterocycles. The fourth-order valence-corrected chi connectivity index (χ4v) is 12.7. The summed E-state index contributed by atoms with van der Waals surface area (Å²) in [5, 5.41) is 13.1. The van der Waals surface area contributed by atoms with E-state index in [9.17, 15) is 0 Å². The van der Waals surface area contributed by atoms with Gasteiger partial charge in [-0.1, -0.05) is 54.6 Å². The molecule has 0 saturated carbocycles. The van der Waals surface area contributed by atoms with Gasteiger partial charge >= 0.3 is 258 Å². The Morgan fingerprint density at radius 3 is 1.30 bits per heavy atom. The summed E-state index contributed by atoms with van der Waals surface area (Å²) in [6.45, 7) is 12.8. The van der Waals surface area contributed by atoms with Gasteiger partial charge < -0.3 is 0 Å². The number of hydrogen-bond donors (Lipinski definition) is 2. The van der Waals surface area contributed by atoms with Gasteiger partial charge in [0.05, 0.1) is 0 Å². The molecule has 6 aromatic carbocycles. The van der Waals surface area contributed by atoms with Crippen LogP contribution in [0, 0.1) is 27.7 Å². The van der Waals surface area contributed by atoms with E-state index in [1.807, 2.05) is 0 Å². The van der Waals surface area contributed by atoms with E-state index in [1.54, 1.807) is 0 Å². The number of aliphatic imine (C=N–C) groups is 2. The molecule has 0 fully saturated rings. The smallest absolute Gasteiger partial charge is 0.0622 e. The van der Waals surface area contributed by atoms with Crippen LogP contribution < -0.4 is 31.9 Å². The summed E-state index contributed by atoms with van der Waals surface area (Å²) in [7, 11) is -3.33. The first-order valence-corrected chi connectivity index (χ1v) is 23.0.